The molecule has 53 heavy (non-hydrogen) atoms. The van der Waals surface area contributed by atoms with E-state index in [1.54, 1.807) is 0 Å². The number of carboxylic acids is 1. The zero-order valence-corrected chi connectivity index (χ0v) is 37.8. The first-order valence-corrected chi connectivity index (χ1v) is 23.5. The second-order valence-electron chi connectivity index (χ2n) is 16.1. The summed E-state index contributed by atoms with van der Waals surface area (Å²) in [4.78, 5) is 31.7. The number of esters is 1. The minimum atomic E-state index is -1.84. The topological polar surface area (TPSA) is 102 Å². The number of carbonyl (C=O) groups is 2. The van der Waals surface area contributed by atoms with Crippen LogP contribution in [0.2, 0.25) is 0 Å². The average Bonchev–Trinajstić information content (AvgIpc) is 3.12. The molecule has 0 bridgehead atoms. The van der Waals surface area contributed by atoms with Crippen LogP contribution in [0.25, 0.3) is 0 Å². The van der Waals surface area contributed by atoms with E-state index in [0.29, 0.717) is 39.1 Å². The summed E-state index contributed by atoms with van der Waals surface area (Å²) >= 11 is 0. The van der Waals surface area contributed by atoms with Crippen LogP contribution in [0.15, 0.2) is 0 Å². The zero-order valence-electron chi connectivity index (χ0n) is 36.9. The molecule has 0 aliphatic carbocycles. The fourth-order valence-corrected chi connectivity index (χ4v) is 6.26. The third-order valence-corrected chi connectivity index (χ3v) is 10.6. The molecule has 0 aliphatic heterocycles. The van der Waals surface area contributed by atoms with Crippen molar-refractivity contribution in [3.63, 3.8) is 0 Å². The molecular weight excluding hydrogens is 685 g/mol. The molecule has 0 aromatic rings. The van der Waals surface area contributed by atoms with Gasteiger partial charge in [-0.3, -0.25) is 9.59 Å². The number of hydrogen-bond acceptors (Lipinski definition) is 6. The van der Waals surface area contributed by atoms with Gasteiger partial charge in [-0.15, -0.1) is 0 Å². The molecule has 0 saturated carbocycles. The third-order valence-electron chi connectivity index (χ3n) is 9.78. The number of quaternary nitrogens is 1. The lowest BCUT2D eigenvalue weighted by molar-refractivity contribution is -0.870. The first-order chi connectivity index (χ1) is 25.4. The van der Waals surface area contributed by atoms with Crippen molar-refractivity contribution in [1.82, 2.24) is 0 Å². The van der Waals surface area contributed by atoms with Gasteiger partial charge < -0.3 is 28.3 Å². The zero-order chi connectivity index (χ0) is 40.4. The number of ether oxygens (including phenoxy) is 1. The molecule has 0 fully saturated rings. The monoisotopic (exact) mass is 779 g/mol. The van der Waals surface area contributed by atoms with Crippen LogP contribution in [0.3, 0.4) is 0 Å². The minimum absolute atomic E-state index is 0.132. The summed E-state index contributed by atoms with van der Waals surface area (Å²) in [7, 11) is 4.36. The molecule has 8 nitrogen and oxygen atoms in total. The van der Waals surface area contributed by atoms with Crippen LogP contribution in [-0.2, 0) is 23.4 Å². The summed E-state index contributed by atoms with van der Waals surface area (Å²) < 4.78 is 16.5. The first kappa shape index (κ1) is 56.5. The Morgan fingerprint density at radius 1 is 0.547 bits per heavy atom. The maximum Gasteiger partial charge on any atom is 0.330 e. The Bertz CT molecular complexity index is 750. The van der Waals surface area contributed by atoms with Gasteiger partial charge >= 0.3 is 20.5 Å². The van der Waals surface area contributed by atoms with Gasteiger partial charge in [0, 0.05) is 19.3 Å². The largest absolute Gasteiger partial charge is 0.481 e. The van der Waals surface area contributed by atoms with Crippen molar-refractivity contribution < 1.29 is 37.9 Å². The van der Waals surface area contributed by atoms with Gasteiger partial charge in [-0.1, -0.05) is 183 Å². The van der Waals surface area contributed by atoms with Gasteiger partial charge in [0.15, 0.2) is 0 Å². The van der Waals surface area contributed by atoms with Gasteiger partial charge in [-0.25, -0.2) is 0 Å². The lowest BCUT2D eigenvalue weighted by Crippen LogP contribution is -2.37. The van der Waals surface area contributed by atoms with E-state index >= 15 is 0 Å². The highest BCUT2D eigenvalue weighted by atomic mass is 31.2. The molecule has 320 valence electrons. The number of carbonyl (C=O) groups excluding carboxylic acids is 1. The molecule has 0 amide bonds. The number of rotatable bonds is 37. The van der Waals surface area contributed by atoms with Gasteiger partial charge in [-0.2, -0.15) is 0 Å². The van der Waals surface area contributed by atoms with E-state index in [9.17, 15) is 14.5 Å². The van der Waals surface area contributed by atoms with E-state index in [0.717, 1.165) is 48.5 Å². The lowest BCUT2D eigenvalue weighted by atomic mass is 9.99. The van der Waals surface area contributed by atoms with E-state index in [1.807, 2.05) is 13.8 Å². The molecule has 0 aliphatic rings. The van der Waals surface area contributed by atoms with Gasteiger partial charge in [0.2, 0.25) is 0 Å². The van der Waals surface area contributed by atoms with Gasteiger partial charge in [0.25, 0.3) is 0 Å². The molecule has 9 heteroatoms. The summed E-state index contributed by atoms with van der Waals surface area (Å²) in [6, 6.07) is 0. The minimum Gasteiger partial charge on any atom is -0.481 e. The second-order valence-corrected chi connectivity index (χ2v) is 17.1. The Kier molecular flexibility index (Phi) is 46.9. The van der Waals surface area contributed by atoms with Crippen molar-refractivity contribution >= 4 is 20.5 Å². The first-order valence-electron chi connectivity index (χ1n) is 22.3. The van der Waals surface area contributed by atoms with Crippen LogP contribution in [0.4, 0.5) is 0 Å². The normalized spacial score (nSPS) is 12.9. The number of unbranched alkanes of at least 4 members (excludes halogenated alkanes) is 18. The molecule has 0 rings (SSSR count). The Labute approximate surface area is 331 Å². The molecule has 0 aromatic carbocycles. The third kappa shape index (κ3) is 53.4. The maximum absolute atomic E-state index is 11.8. The summed E-state index contributed by atoms with van der Waals surface area (Å²) in [5.41, 5.74) is 0. The highest BCUT2D eigenvalue weighted by Crippen LogP contribution is 2.32. The van der Waals surface area contributed by atoms with Gasteiger partial charge in [0.05, 0.1) is 34.4 Å². The van der Waals surface area contributed by atoms with Crippen molar-refractivity contribution in [2.24, 2.45) is 11.8 Å². The van der Waals surface area contributed by atoms with E-state index in [2.05, 4.69) is 48.8 Å². The molecule has 0 saturated heterocycles. The summed E-state index contributed by atoms with van der Waals surface area (Å²) in [6.07, 6.45) is 32.3. The van der Waals surface area contributed by atoms with Crippen LogP contribution >= 0.6 is 8.60 Å². The fourth-order valence-electron chi connectivity index (χ4n) is 5.66. The molecule has 3 atom stereocenters. The molecule has 0 heterocycles. The molecule has 0 aromatic heterocycles. The number of nitrogens with zero attached hydrogens (tertiary/aromatic N) is 1. The number of hydrogen-bond donors (Lipinski definition) is 2. The quantitative estimate of drug-likeness (QED) is 0.0280. The summed E-state index contributed by atoms with van der Waals surface area (Å²) in [6.45, 7) is 15.2. The highest BCUT2D eigenvalue weighted by molar-refractivity contribution is 7.40. The smallest absolute Gasteiger partial charge is 0.330 e. The van der Waals surface area contributed by atoms with E-state index in [1.165, 1.54) is 128 Å². The fraction of sp³-hybridized carbons (Fsp3) is 0.955. The highest BCUT2D eigenvalue weighted by Gasteiger charge is 2.12. The summed E-state index contributed by atoms with van der Waals surface area (Å²) in [5.74, 6) is 1.01. The number of carboxylic acid groups (broad SMARTS) is 1. The van der Waals surface area contributed by atoms with E-state index in [4.69, 9.17) is 18.9 Å². The van der Waals surface area contributed by atoms with E-state index < -0.39 is 14.6 Å². The Morgan fingerprint density at radius 3 is 1.28 bits per heavy atom. The van der Waals surface area contributed by atoms with Crippen molar-refractivity contribution in [1.29, 1.82) is 0 Å². The van der Waals surface area contributed by atoms with Crippen molar-refractivity contribution in [2.45, 2.75) is 215 Å². The van der Waals surface area contributed by atoms with Gasteiger partial charge in [0.1, 0.15) is 13.2 Å². The SMILES string of the molecule is CC.CCC(C)CCCCCCCCCCCCC(=O)O.CCC(C)CCCCCCCCCCCCC(=O)OCCCOP(O)OCC[N+](C)(C)C. The number of likely N-dealkylation sites (N-methyl/N-ethyl adjacent to an activating group) is 1. The predicted octanol–water partition coefficient (Wildman–Crippen LogP) is 13.4. The van der Waals surface area contributed by atoms with Gasteiger partial charge in [-0.05, 0) is 24.7 Å². The van der Waals surface area contributed by atoms with E-state index in [-0.39, 0.29) is 5.97 Å². The Morgan fingerprint density at radius 2 is 0.906 bits per heavy atom. The Hall–Kier alpha value is -0.790. The Balaban J connectivity index is -0.00000101. The maximum atomic E-state index is 11.8. The summed E-state index contributed by atoms with van der Waals surface area (Å²) in [5, 5.41) is 8.51. The predicted molar refractivity (Wildman–Crippen MR) is 228 cm³/mol. The van der Waals surface area contributed by atoms with Crippen molar-refractivity contribution in [3.8, 4) is 0 Å². The van der Waals surface area contributed by atoms with Crippen molar-refractivity contribution in [3.05, 3.63) is 0 Å². The molecule has 0 radical (unpaired) electrons. The molecular formula is C44H93NO7P+. The van der Waals surface area contributed by atoms with Crippen LogP contribution in [0.1, 0.15) is 215 Å². The molecule has 3 unspecified atom stereocenters. The number of aliphatic carboxylic acids is 1. The van der Waals surface area contributed by atoms with Crippen molar-refractivity contribution in [2.75, 3.05) is 47.5 Å². The van der Waals surface area contributed by atoms with Crippen LogP contribution in [-0.4, -0.2) is 73.9 Å². The second kappa shape index (κ2) is 43.9. The standard InChI is InChI=1S/C25H53NO5P.C17H34O2.C2H6/c1-6-24(2)18-15-13-11-9-7-8-10-12-14-16-19-25(27)29-21-17-22-30-32(28)31-23-20-26(3,4)5;1-3-16(2)14-12-10-8-6-4-5-7-9-11-13-15-17(18)19;1-2/h24,28H,6-23H2,1-5H3;16H,3-15H2,1-2H3,(H,18,19);1-2H3/q+1;;. The average molecular weight is 779 g/mol. The molecule has 0 spiro atoms. The van der Waals surface area contributed by atoms with Crippen LogP contribution < -0.4 is 0 Å². The molecule has 2 N–H and O–H groups in total. The van der Waals surface area contributed by atoms with Crippen LogP contribution in [0.5, 0.6) is 0 Å². The van der Waals surface area contributed by atoms with Crippen LogP contribution in [0, 0.1) is 11.8 Å². The lowest BCUT2D eigenvalue weighted by Gasteiger charge is -2.23.